The van der Waals surface area contributed by atoms with Crippen molar-refractivity contribution < 1.29 is 53.8 Å². The molecule has 2 bridgehead atoms. The van der Waals surface area contributed by atoms with Gasteiger partial charge in [0.2, 0.25) is 0 Å². The molecule has 11 nitrogen and oxygen atoms in total. The van der Waals surface area contributed by atoms with Gasteiger partial charge in [0.25, 0.3) is 0 Å². The molecule has 2 aliphatic carbocycles. The lowest BCUT2D eigenvalue weighted by atomic mass is 9.63. The highest BCUT2D eigenvalue weighted by atomic mass is 16.7. The van der Waals surface area contributed by atoms with E-state index in [1.54, 1.807) is 20.8 Å². The molecule has 2 fully saturated rings. The summed E-state index contributed by atoms with van der Waals surface area (Å²) in [5, 5.41) is 42.6. The van der Waals surface area contributed by atoms with Crippen LogP contribution < -0.4 is 0 Å². The first-order valence-electron chi connectivity index (χ1n) is 13.4. The first-order chi connectivity index (χ1) is 18.4. The molecule has 4 aliphatic heterocycles. The smallest absolute Gasteiger partial charge is 0.305 e. The predicted molar refractivity (Wildman–Crippen MR) is 131 cm³/mol. The van der Waals surface area contributed by atoms with E-state index >= 15 is 0 Å². The number of aromatic hydroxyl groups is 1. The van der Waals surface area contributed by atoms with Crippen molar-refractivity contribution in [3.05, 3.63) is 39.5 Å². The van der Waals surface area contributed by atoms with Crippen molar-refractivity contribution in [3.8, 4) is 5.75 Å². The van der Waals surface area contributed by atoms with E-state index in [1.807, 2.05) is 0 Å². The zero-order valence-corrected chi connectivity index (χ0v) is 21.9. The molecule has 2 saturated heterocycles. The summed E-state index contributed by atoms with van der Waals surface area (Å²) in [4.78, 5) is 39.2. The van der Waals surface area contributed by atoms with Crippen molar-refractivity contribution in [3.63, 3.8) is 0 Å². The van der Waals surface area contributed by atoms with Crippen LogP contribution in [0.25, 0.3) is 0 Å². The summed E-state index contributed by atoms with van der Waals surface area (Å²) < 4.78 is 23.7. The molecular weight excluding hydrogens is 512 g/mol. The number of hydrogen-bond donors (Lipinski definition) is 4. The lowest BCUT2D eigenvalue weighted by Crippen LogP contribution is -2.67. The number of phenolic OH excluding ortho intramolecular Hbond substituents is 1. The number of ketones is 2. The summed E-state index contributed by atoms with van der Waals surface area (Å²) >= 11 is 0. The van der Waals surface area contributed by atoms with E-state index in [9.17, 15) is 34.8 Å². The van der Waals surface area contributed by atoms with Crippen LogP contribution in [-0.4, -0.2) is 86.5 Å². The molecule has 0 saturated carbocycles. The van der Waals surface area contributed by atoms with Gasteiger partial charge in [-0.05, 0) is 45.2 Å². The Bertz CT molecular complexity index is 1300. The molecule has 0 radical (unpaired) electrons. The minimum atomic E-state index is -1.98. The molecule has 1 aromatic carbocycles. The van der Waals surface area contributed by atoms with E-state index in [0.717, 1.165) is 0 Å². The maximum atomic E-state index is 14.1. The number of benzene rings is 1. The molecule has 210 valence electrons. The molecular formula is C28H32O11. The highest BCUT2D eigenvalue weighted by Gasteiger charge is 2.63. The lowest BCUT2D eigenvalue weighted by molar-refractivity contribution is -0.291. The number of ether oxygens (including phenoxy) is 4. The summed E-state index contributed by atoms with van der Waals surface area (Å²) in [6, 6.07) is 1.54. The van der Waals surface area contributed by atoms with E-state index < -0.39 is 77.9 Å². The summed E-state index contributed by atoms with van der Waals surface area (Å²) in [6.45, 7) is 4.99. The third kappa shape index (κ3) is 3.90. The minimum Gasteiger partial charge on any atom is -0.507 e. The summed E-state index contributed by atoms with van der Waals surface area (Å²) in [7, 11) is 0. The number of aliphatic hydroxyl groups is 2. The second-order valence-corrected chi connectivity index (χ2v) is 11.2. The number of carbonyl (C=O) groups excluding carboxylic acids is 2. The van der Waals surface area contributed by atoms with Gasteiger partial charge in [-0.15, -0.1) is 0 Å². The largest absolute Gasteiger partial charge is 0.507 e. The van der Waals surface area contributed by atoms with Crippen molar-refractivity contribution in [2.75, 3.05) is 0 Å². The summed E-state index contributed by atoms with van der Waals surface area (Å²) in [6.07, 6.45) is -4.90. The predicted octanol–water partition coefficient (Wildman–Crippen LogP) is 1.74. The third-order valence-electron chi connectivity index (χ3n) is 8.84. The topological polar surface area (TPSA) is 169 Å². The average Bonchev–Trinajstić information content (AvgIpc) is 2.84. The molecule has 39 heavy (non-hydrogen) atoms. The fourth-order valence-corrected chi connectivity index (χ4v) is 6.92. The quantitative estimate of drug-likeness (QED) is 0.435. The SMILES string of the molecule is C[C@@H]1O[C@@H](CC(=O)O)Cc2cc3c(c(O)c21)C(=O)C1=C(C3=O)[C@H]2C[C@@H](O[C@H]3CC[C@H](O)[C@H](C)O3)[C@]1(O)[C@@H](C)O2. The number of rotatable bonds is 4. The standard InChI is InChI=1S/C28H32O11/c1-10-16(29)4-5-20(37-10)39-18-9-17-23-24(28(18,35)12(3)38-17)27(34)22-15(25(23)32)7-13-6-14(8-19(30)31)36-11(2)21(13)26(22)33/h7,10-12,14,16-18,20,29,33,35H,4-6,8-9H2,1-3H3,(H,30,31)/t10-,11-,12+,14+,16-,17+,18+,20-,28+/m0/s1. The first kappa shape index (κ1) is 26.5. The second-order valence-electron chi connectivity index (χ2n) is 11.2. The molecule has 0 amide bonds. The van der Waals surface area contributed by atoms with E-state index in [0.29, 0.717) is 24.0 Å². The normalized spacial score (nSPS) is 39.3. The molecule has 4 N–H and O–H groups in total. The van der Waals surface area contributed by atoms with Crippen molar-refractivity contribution in [1.82, 2.24) is 0 Å². The molecule has 4 heterocycles. The van der Waals surface area contributed by atoms with Gasteiger partial charge in [0, 0.05) is 35.1 Å². The number of aliphatic carboxylic acids is 1. The number of hydrogen-bond acceptors (Lipinski definition) is 10. The number of Topliss-reactive ketones (excluding diaryl/α,β-unsaturated/α-hetero) is 2. The van der Waals surface area contributed by atoms with Crippen LogP contribution in [0.5, 0.6) is 5.75 Å². The van der Waals surface area contributed by atoms with Gasteiger partial charge in [-0.2, -0.15) is 0 Å². The summed E-state index contributed by atoms with van der Waals surface area (Å²) in [5.41, 5.74) is -1.39. The van der Waals surface area contributed by atoms with Gasteiger partial charge in [-0.1, -0.05) is 0 Å². The Morgan fingerprint density at radius 2 is 1.87 bits per heavy atom. The molecule has 7 rings (SSSR count). The van der Waals surface area contributed by atoms with Gasteiger partial charge >= 0.3 is 5.97 Å². The van der Waals surface area contributed by atoms with Crippen molar-refractivity contribution in [2.45, 2.75) is 107 Å². The highest BCUT2D eigenvalue weighted by Crippen LogP contribution is 2.53. The third-order valence-corrected chi connectivity index (χ3v) is 8.84. The maximum Gasteiger partial charge on any atom is 0.305 e. The van der Waals surface area contributed by atoms with Crippen molar-refractivity contribution >= 4 is 17.5 Å². The molecule has 1 aromatic rings. The molecule has 0 spiro atoms. The van der Waals surface area contributed by atoms with Crippen LogP contribution in [0.1, 0.15) is 84.4 Å². The van der Waals surface area contributed by atoms with Crippen LogP contribution in [-0.2, 0) is 30.2 Å². The number of aliphatic hydroxyl groups excluding tert-OH is 1. The lowest BCUT2D eigenvalue weighted by Gasteiger charge is -2.54. The number of carboxylic acids is 1. The Balaban J connectivity index is 1.39. The van der Waals surface area contributed by atoms with Crippen LogP contribution in [0.15, 0.2) is 17.2 Å². The van der Waals surface area contributed by atoms with E-state index in [1.165, 1.54) is 6.07 Å². The van der Waals surface area contributed by atoms with Crippen molar-refractivity contribution in [2.24, 2.45) is 0 Å². The van der Waals surface area contributed by atoms with Crippen molar-refractivity contribution in [1.29, 1.82) is 0 Å². The van der Waals surface area contributed by atoms with Gasteiger partial charge < -0.3 is 39.4 Å². The number of carbonyl (C=O) groups is 3. The molecule has 0 unspecified atom stereocenters. The van der Waals surface area contributed by atoms with Gasteiger partial charge in [0.05, 0.1) is 54.7 Å². The van der Waals surface area contributed by atoms with Crippen LogP contribution in [0.4, 0.5) is 0 Å². The van der Waals surface area contributed by atoms with Crippen LogP contribution in [0.3, 0.4) is 0 Å². The van der Waals surface area contributed by atoms with Crippen LogP contribution in [0, 0.1) is 0 Å². The van der Waals surface area contributed by atoms with Crippen LogP contribution in [0.2, 0.25) is 0 Å². The molecule has 9 atom stereocenters. The first-order valence-corrected chi connectivity index (χ1v) is 13.4. The Morgan fingerprint density at radius 1 is 1.13 bits per heavy atom. The molecule has 0 aromatic heterocycles. The summed E-state index contributed by atoms with van der Waals surface area (Å²) in [5.74, 6) is -2.63. The Labute approximate surface area is 224 Å². The highest BCUT2D eigenvalue weighted by molar-refractivity contribution is 6.29. The zero-order chi connectivity index (χ0) is 28.0. The Kier molecular flexibility index (Phi) is 6.25. The number of fused-ring (bicyclic) bond motifs is 4. The number of phenols is 1. The van der Waals surface area contributed by atoms with E-state index in [-0.39, 0.29) is 41.5 Å². The second kappa shape index (κ2) is 9.18. The minimum absolute atomic E-state index is 0.00136. The Hall–Kier alpha value is -2.67. The number of carboxylic acid groups (broad SMARTS) is 1. The maximum absolute atomic E-state index is 14.1. The van der Waals surface area contributed by atoms with Crippen LogP contribution >= 0.6 is 0 Å². The average molecular weight is 545 g/mol. The monoisotopic (exact) mass is 544 g/mol. The fraction of sp³-hybridized carbons (Fsp3) is 0.607. The fourth-order valence-electron chi connectivity index (χ4n) is 6.92. The van der Waals surface area contributed by atoms with Gasteiger partial charge in [-0.25, -0.2) is 0 Å². The Morgan fingerprint density at radius 3 is 2.56 bits per heavy atom. The molecule has 6 aliphatic rings. The van der Waals surface area contributed by atoms with Gasteiger partial charge in [0.1, 0.15) is 11.4 Å². The van der Waals surface area contributed by atoms with Gasteiger partial charge in [-0.3, -0.25) is 14.4 Å². The van der Waals surface area contributed by atoms with E-state index in [4.69, 9.17) is 18.9 Å². The zero-order valence-electron chi connectivity index (χ0n) is 21.9. The van der Waals surface area contributed by atoms with E-state index in [2.05, 4.69) is 0 Å². The van der Waals surface area contributed by atoms with Gasteiger partial charge in [0.15, 0.2) is 17.9 Å². The molecule has 11 heteroatoms.